The maximum absolute atomic E-state index is 13.5. The van der Waals surface area contributed by atoms with Crippen LogP contribution in [0.5, 0.6) is 11.5 Å². The zero-order chi connectivity index (χ0) is 24.4. The molecule has 1 aromatic carbocycles. The number of rotatable bonds is 5. The fourth-order valence-corrected chi connectivity index (χ4v) is 5.41. The second kappa shape index (κ2) is 9.95. The first-order valence-corrected chi connectivity index (χ1v) is 11.9. The van der Waals surface area contributed by atoms with Gasteiger partial charge in [-0.2, -0.15) is 0 Å². The number of hydrogen-bond donors (Lipinski definition) is 1. The lowest BCUT2D eigenvalue weighted by Crippen LogP contribution is -2.39. The Morgan fingerprint density at radius 2 is 1.82 bits per heavy atom. The third-order valence-corrected chi connectivity index (χ3v) is 7.06. The molecule has 2 aliphatic carbocycles. The Kier molecular flexibility index (Phi) is 7.00. The molecule has 9 nitrogen and oxygen atoms in total. The van der Waals surface area contributed by atoms with Gasteiger partial charge in [0.15, 0.2) is 5.75 Å². The lowest BCUT2D eigenvalue weighted by molar-refractivity contribution is -0.386. The van der Waals surface area contributed by atoms with Gasteiger partial charge in [-0.25, -0.2) is 4.79 Å². The number of ketones is 1. The monoisotopic (exact) mass is 470 g/mol. The van der Waals surface area contributed by atoms with E-state index in [9.17, 15) is 24.8 Å². The molecule has 34 heavy (non-hydrogen) atoms. The van der Waals surface area contributed by atoms with Crippen molar-refractivity contribution in [1.29, 1.82) is 0 Å². The predicted octanol–water partition coefficient (Wildman–Crippen LogP) is 4.76. The number of methoxy groups -OCH3 is 1. The van der Waals surface area contributed by atoms with Crippen LogP contribution < -0.4 is 4.74 Å². The number of hydrogen-bond acceptors (Lipinski definition) is 8. The second-order valence-electron chi connectivity index (χ2n) is 9.24. The molecular weight excluding hydrogens is 440 g/mol. The number of aromatic hydroxyl groups is 1. The van der Waals surface area contributed by atoms with Gasteiger partial charge in [-0.15, -0.1) is 0 Å². The lowest BCUT2D eigenvalue weighted by Gasteiger charge is -2.36. The molecule has 0 bridgehead atoms. The summed E-state index contributed by atoms with van der Waals surface area (Å²) in [4.78, 5) is 42.2. The van der Waals surface area contributed by atoms with Crippen molar-refractivity contribution in [2.75, 3.05) is 7.11 Å². The molecule has 0 spiro atoms. The highest BCUT2D eigenvalue weighted by atomic mass is 16.6. The first-order valence-electron chi connectivity index (χ1n) is 11.9. The normalized spacial score (nSPS) is 23.6. The number of benzene rings is 1. The fraction of sp³-hybridized carbons (Fsp3) is 0.560. The summed E-state index contributed by atoms with van der Waals surface area (Å²) in [6.45, 7) is 1.71. The molecule has 0 amide bonds. The predicted molar refractivity (Wildman–Crippen MR) is 124 cm³/mol. The number of aliphatic imine (C=N–C) groups is 1. The Morgan fingerprint density at radius 1 is 1.12 bits per heavy atom. The van der Waals surface area contributed by atoms with Crippen molar-refractivity contribution in [3.63, 3.8) is 0 Å². The summed E-state index contributed by atoms with van der Waals surface area (Å²) in [6, 6.07) is 2.68. The Labute approximate surface area is 198 Å². The van der Waals surface area contributed by atoms with Crippen LogP contribution in [0, 0.1) is 16.0 Å². The molecule has 182 valence electrons. The topological polar surface area (TPSA) is 128 Å². The van der Waals surface area contributed by atoms with Crippen molar-refractivity contribution in [2.24, 2.45) is 10.9 Å². The van der Waals surface area contributed by atoms with E-state index in [2.05, 4.69) is 4.99 Å². The van der Waals surface area contributed by atoms with Crippen LogP contribution in [-0.4, -0.2) is 40.7 Å². The summed E-state index contributed by atoms with van der Waals surface area (Å²) in [5.41, 5.74) is 1.19. The van der Waals surface area contributed by atoms with Crippen LogP contribution >= 0.6 is 0 Å². The smallest absolute Gasteiger partial charge is 0.336 e. The molecule has 2 atom stereocenters. The molecule has 1 N–H and O–H groups in total. The van der Waals surface area contributed by atoms with Gasteiger partial charge in [0.1, 0.15) is 11.9 Å². The number of carbonyl (C=O) groups excluding carboxylic acids is 2. The van der Waals surface area contributed by atoms with Gasteiger partial charge in [0.25, 0.3) is 0 Å². The maximum Gasteiger partial charge on any atom is 0.336 e. The standard InChI is InChI=1S/C25H30N2O7/c1-14-21(25(30)34-16-8-5-3-4-6-9-16)22(23-17(26-14)10-7-11-19(23)28)15-12-18(27(31)32)24(29)20(13-15)33-2/h12-13,16,22-23,29H,3-11H2,1-2H3/t22-,23-/m1/s1. The summed E-state index contributed by atoms with van der Waals surface area (Å²) < 4.78 is 11.1. The van der Waals surface area contributed by atoms with Crippen LogP contribution in [0.15, 0.2) is 28.4 Å². The number of nitro benzene ring substituents is 1. The van der Waals surface area contributed by atoms with Gasteiger partial charge in [0.2, 0.25) is 5.75 Å². The number of fused-ring (bicyclic) bond motifs is 1. The highest BCUT2D eigenvalue weighted by Crippen LogP contribution is 2.47. The zero-order valence-electron chi connectivity index (χ0n) is 19.5. The largest absolute Gasteiger partial charge is 0.500 e. The van der Waals surface area contributed by atoms with Gasteiger partial charge in [-0.1, -0.05) is 12.8 Å². The zero-order valence-corrected chi connectivity index (χ0v) is 19.5. The van der Waals surface area contributed by atoms with E-state index in [0.717, 1.165) is 38.5 Å². The van der Waals surface area contributed by atoms with Crippen LogP contribution in [0.4, 0.5) is 5.69 Å². The van der Waals surface area contributed by atoms with Crippen LogP contribution in [-0.2, 0) is 14.3 Å². The minimum absolute atomic E-state index is 0.0584. The number of phenolic OH excluding ortho intramolecular Hbond substituents is 1. The minimum atomic E-state index is -0.799. The fourth-order valence-electron chi connectivity index (χ4n) is 5.41. The van der Waals surface area contributed by atoms with E-state index in [1.54, 1.807) is 6.92 Å². The van der Waals surface area contributed by atoms with Crippen molar-refractivity contribution < 1.29 is 29.1 Å². The maximum atomic E-state index is 13.5. The summed E-state index contributed by atoms with van der Waals surface area (Å²) in [7, 11) is 1.30. The number of allylic oxidation sites excluding steroid dienone is 1. The number of phenols is 1. The van der Waals surface area contributed by atoms with Gasteiger partial charge in [-0.05, 0) is 57.1 Å². The van der Waals surface area contributed by atoms with E-state index < -0.39 is 34.2 Å². The number of esters is 1. The molecule has 0 aromatic heterocycles. The molecule has 9 heteroatoms. The van der Waals surface area contributed by atoms with E-state index in [-0.39, 0.29) is 23.2 Å². The average Bonchev–Trinajstić information content (AvgIpc) is 3.07. The van der Waals surface area contributed by atoms with Crippen molar-refractivity contribution >= 4 is 23.2 Å². The summed E-state index contributed by atoms with van der Waals surface area (Å²) >= 11 is 0. The molecule has 0 unspecified atom stereocenters. The van der Waals surface area contributed by atoms with Gasteiger partial charge in [-0.3, -0.25) is 19.9 Å². The van der Waals surface area contributed by atoms with Crippen LogP contribution in [0.2, 0.25) is 0 Å². The average molecular weight is 471 g/mol. The third kappa shape index (κ3) is 4.56. The van der Waals surface area contributed by atoms with E-state index in [1.165, 1.54) is 19.2 Å². The van der Waals surface area contributed by atoms with Crippen LogP contribution in [0.3, 0.4) is 0 Å². The van der Waals surface area contributed by atoms with Crippen LogP contribution in [0.1, 0.15) is 76.2 Å². The quantitative estimate of drug-likeness (QED) is 0.284. The van der Waals surface area contributed by atoms with Crippen LogP contribution in [0.25, 0.3) is 0 Å². The molecule has 2 saturated carbocycles. The first kappa shape index (κ1) is 23.9. The van der Waals surface area contributed by atoms with E-state index >= 15 is 0 Å². The molecular formula is C25H30N2O7. The third-order valence-electron chi connectivity index (χ3n) is 7.06. The highest BCUT2D eigenvalue weighted by Gasteiger charge is 2.45. The minimum Gasteiger partial charge on any atom is -0.500 e. The van der Waals surface area contributed by atoms with Gasteiger partial charge < -0.3 is 14.6 Å². The SMILES string of the molecule is COc1cc([C@@H]2C(C(=O)OC3CCCCCC3)=C(C)N=C3CCCC(=O)[C@@H]32)cc([N+](=O)[O-])c1O. The van der Waals surface area contributed by atoms with E-state index in [4.69, 9.17) is 9.47 Å². The van der Waals surface area contributed by atoms with E-state index in [1.807, 2.05) is 0 Å². The molecule has 3 aliphatic rings. The van der Waals surface area contributed by atoms with Crippen molar-refractivity contribution in [3.8, 4) is 11.5 Å². The molecule has 2 fully saturated rings. The van der Waals surface area contributed by atoms with Gasteiger partial charge >= 0.3 is 11.7 Å². The number of nitro groups is 1. The Balaban J connectivity index is 1.82. The number of ether oxygens (including phenoxy) is 2. The Morgan fingerprint density at radius 3 is 2.47 bits per heavy atom. The molecule has 0 radical (unpaired) electrons. The molecule has 1 aliphatic heterocycles. The summed E-state index contributed by atoms with van der Waals surface area (Å²) in [6.07, 6.45) is 7.22. The van der Waals surface area contributed by atoms with Crippen molar-refractivity contribution in [2.45, 2.75) is 76.7 Å². The number of nitrogens with zero attached hydrogens (tertiary/aromatic N) is 2. The molecule has 1 heterocycles. The van der Waals surface area contributed by atoms with E-state index in [0.29, 0.717) is 36.2 Å². The van der Waals surface area contributed by atoms with Crippen molar-refractivity contribution in [3.05, 3.63) is 39.1 Å². The van der Waals surface area contributed by atoms with Crippen molar-refractivity contribution in [1.82, 2.24) is 0 Å². The number of carbonyl (C=O) groups is 2. The highest BCUT2D eigenvalue weighted by molar-refractivity contribution is 6.11. The molecule has 4 rings (SSSR count). The first-order chi connectivity index (χ1) is 16.3. The summed E-state index contributed by atoms with van der Waals surface area (Å²) in [5.74, 6) is -2.79. The second-order valence-corrected chi connectivity index (χ2v) is 9.24. The van der Waals surface area contributed by atoms with Gasteiger partial charge in [0.05, 0.1) is 23.5 Å². The lowest BCUT2D eigenvalue weighted by atomic mass is 9.69. The summed E-state index contributed by atoms with van der Waals surface area (Å²) in [5, 5.41) is 21.9. The number of Topliss-reactive ketones (excluding diaryl/α,β-unsaturated/α-hetero) is 1. The molecule has 1 aromatic rings. The van der Waals surface area contributed by atoms with Gasteiger partial charge in [0, 0.05) is 29.8 Å². The molecule has 0 saturated heterocycles. The Hall–Kier alpha value is -3.23. The Bertz CT molecular complexity index is 1070.